The van der Waals surface area contributed by atoms with E-state index in [2.05, 4.69) is 5.32 Å². The molecule has 25 heavy (non-hydrogen) atoms. The van der Waals surface area contributed by atoms with Crippen LogP contribution in [0, 0.1) is 0 Å². The second-order valence-electron chi connectivity index (χ2n) is 6.26. The summed E-state index contributed by atoms with van der Waals surface area (Å²) in [5, 5.41) is 12.4. The SMILES string of the molecule is CC(NC(=O)N1CCOC(CN(C)CC(=O)O)C1)c1cccc(Cl)c1. The standard InChI is InChI=1S/C17H24ClN3O4/c1-12(13-4-3-5-14(18)8-13)19-17(24)21-6-7-25-15(10-21)9-20(2)11-16(22)23/h3-5,8,12,15H,6-7,9-11H2,1-2H3,(H,19,24)(H,22,23). The molecule has 0 spiro atoms. The van der Waals surface area contributed by atoms with Gasteiger partial charge in [0.25, 0.3) is 0 Å². The lowest BCUT2D eigenvalue weighted by molar-refractivity contribution is -0.138. The number of likely N-dealkylation sites (N-methyl/N-ethyl adjacent to an activating group) is 1. The van der Waals surface area contributed by atoms with E-state index in [4.69, 9.17) is 21.4 Å². The molecule has 2 unspecified atom stereocenters. The Kier molecular flexibility index (Phi) is 7.04. The summed E-state index contributed by atoms with van der Waals surface area (Å²) in [6, 6.07) is 7.06. The van der Waals surface area contributed by atoms with Crippen LogP contribution in [-0.2, 0) is 9.53 Å². The molecule has 0 radical (unpaired) electrons. The van der Waals surface area contributed by atoms with Gasteiger partial charge in [-0.1, -0.05) is 23.7 Å². The van der Waals surface area contributed by atoms with Crippen molar-refractivity contribution in [3.8, 4) is 0 Å². The number of urea groups is 1. The number of carbonyl (C=O) groups excluding carboxylic acids is 1. The highest BCUT2D eigenvalue weighted by molar-refractivity contribution is 6.30. The highest BCUT2D eigenvalue weighted by Gasteiger charge is 2.26. The fourth-order valence-electron chi connectivity index (χ4n) is 2.79. The normalized spacial score (nSPS) is 18.9. The first-order valence-corrected chi connectivity index (χ1v) is 8.56. The van der Waals surface area contributed by atoms with Gasteiger partial charge in [-0.25, -0.2) is 4.79 Å². The number of benzene rings is 1. The van der Waals surface area contributed by atoms with Crippen molar-refractivity contribution >= 4 is 23.6 Å². The van der Waals surface area contributed by atoms with Crippen molar-refractivity contribution in [1.29, 1.82) is 0 Å². The number of hydrogen-bond donors (Lipinski definition) is 2. The van der Waals surface area contributed by atoms with E-state index >= 15 is 0 Å². The van der Waals surface area contributed by atoms with Gasteiger partial charge in [-0.2, -0.15) is 0 Å². The van der Waals surface area contributed by atoms with Crippen molar-refractivity contribution in [2.45, 2.75) is 19.1 Å². The molecule has 1 aliphatic heterocycles. The van der Waals surface area contributed by atoms with Gasteiger partial charge < -0.3 is 20.1 Å². The van der Waals surface area contributed by atoms with Crippen LogP contribution >= 0.6 is 11.6 Å². The molecule has 0 aliphatic carbocycles. The molecule has 1 saturated heterocycles. The lowest BCUT2D eigenvalue weighted by Gasteiger charge is -2.35. The van der Waals surface area contributed by atoms with Gasteiger partial charge in [-0.05, 0) is 31.7 Å². The van der Waals surface area contributed by atoms with Gasteiger partial charge in [0.15, 0.2) is 0 Å². The van der Waals surface area contributed by atoms with Crippen LogP contribution in [0.3, 0.4) is 0 Å². The van der Waals surface area contributed by atoms with Crippen molar-refractivity contribution in [2.75, 3.05) is 39.8 Å². The second-order valence-corrected chi connectivity index (χ2v) is 6.69. The molecule has 0 saturated carbocycles. The Balaban J connectivity index is 1.87. The third-order valence-corrected chi connectivity index (χ3v) is 4.27. The number of aliphatic carboxylic acids is 1. The van der Waals surface area contributed by atoms with E-state index in [9.17, 15) is 9.59 Å². The summed E-state index contributed by atoms with van der Waals surface area (Å²) in [5.41, 5.74) is 0.937. The quantitative estimate of drug-likeness (QED) is 0.799. The number of halogens is 1. The average molecular weight is 370 g/mol. The Hall–Kier alpha value is -1.83. The number of ether oxygens (including phenoxy) is 1. The summed E-state index contributed by atoms with van der Waals surface area (Å²) >= 11 is 5.99. The number of nitrogens with zero attached hydrogens (tertiary/aromatic N) is 2. The number of carboxylic acids is 1. The highest BCUT2D eigenvalue weighted by Crippen LogP contribution is 2.18. The molecule has 1 aromatic carbocycles. The molecule has 0 aromatic heterocycles. The smallest absolute Gasteiger partial charge is 0.318 e. The summed E-state index contributed by atoms with van der Waals surface area (Å²) in [6.07, 6.45) is -0.203. The minimum atomic E-state index is -0.886. The van der Waals surface area contributed by atoms with E-state index in [0.717, 1.165) is 5.56 Å². The molecule has 2 amide bonds. The van der Waals surface area contributed by atoms with Gasteiger partial charge in [-0.3, -0.25) is 9.69 Å². The van der Waals surface area contributed by atoms with Crippen LogP contribution in [0.2, 0.25) is 5.02 Å². The number of carbonyl (C=O) groups is 2. The van der Waals surface area contributed by atoms with E-state index in [0.29, 0.717) is 31.3 Å². The number of morpholine rings is 1. The molecule has 138 valence electrons. The Labute approximate surface area is 152 Å². The topological polar surface area (TPSA) is 82.1 Å². The molecule has 2 N–H and O–H groups in total. The zero-order valence-corrected chi connectivity index (χ0v) is 15.2. The molecular formula is C17H24ClN3O4. The van der Waals surface area contributed by atoms with Crippen LogP contribution in [0.5, 0.6) is 0 Å². The summed E-state index contributed by atoms with van der Waals surface area (Å²) < 4.78 is 5.64. The zero-order valence-electron chi connectivity index (χ0n) is 14.4. The number of rotatable bonds is 6. The minimum Gasteiger partial charge on any atom is -0.480 e. The summed E-state index contributed by atoms with van der Waals surface area (Å²) in [5.74, 6) is -0.886. The monoisotopic (exact) mass is 369 g/mol. The molecule has 2 rings (SSSR count). The first kappa shape index (κ1) is 19.5. The van der Waals surface area contributed by atoms with Crippen LogP contribution < -0.4 is 5.32 Å². The zero-order chi connectivity index (χ0) is 18.4. The third-order valence-electron chi connectivity index (χ3n) is 4.04. The van der Waals surface area contributed by atoms with Gasteiger partial charge in [0.05, 0.1) is 25.3 Å². The summed E-state index contributed by atoms with van der Waals surface area (Å²) in [6.45, 7) is 3.68. The van der Waals surface area contributed by atoms with Crippen molar-refractivity contribution in [1.82, 2.24) is 15.1 Å². The summed E-state index contributed by atoms with van der Waals surface area (Å²) in [7, 11) is 1.72. The van der Waals surface area contributed by atoms with Crippen LogP contribution in [-0.4, -0.2) is 72.8 Å². The number of amides is 2. The number of carboxylic acid groups (broad SMARTS) is 1. The first-order valence-electron chi connectivity index (χ1n) is 8.18. The van der Waals surface area contributed by atoms with Gasteiger partial charge in [0, 0.05) is 24.7 Å². The molecule has 1 fully saturated rings. The van der Waals surface area contributed by atoms with Gasteiger partial charge in [0.2, 0.25) is 0 Å². The lowest BCUT2D eigenvalue weighted by atomic mass is 10.1. The molecule has 8 heteroatoms. The number of hydrogen-bond acceptors (Lipinski definition) is 4. The van der Waals surface area contributed by atoms with E-state index < -0.39 is 5.97 Å². The van der Waals surface area contributed by atoms with Crippen molar-refractivity contribution < 1.29 is 19.4 Å². The third kappa shape index (κ3) is 6.19. The van der Waals surface area contributed by atoms with E-state index in [1.807, 2.05) is 25.1 Å². The largest absolute Gasteiger partial charge is 0.480 e. The van der Waals surface area contributed by atoms with Gasteiger partial charge in [-0.15, -0.1) is 0 Å². The number of nitrogens with one attached hydrogen (secondary N) is 1. The summed E-state index contributed by atoms with van der Waals surface area (Å²) in [4.78, 5) is 26.6. The van der Waals surface area contributed by atoms with Crippen LogP contribution in [0.25, 0.3) is 0 Å². The van der Waals surface area contributed by atoms with Crippen LogP contribution in [0.1, 0.15) is 18.5 Å². The van der Waals surface area contributed by atoms with Crippen molar-refractivity contribution in [3.63, 3.8) is 0 Å². The van der Waals surface area contributed by atoms with Gasteiger partial charge >= 0.3 is 12.0 Å². The molecule has 1 aliphatic rings. The molecule has 7 nitrogen and oxygen atoms in total. The minimum absolute atomic E-state index is 0.0577. The highest BCUT2D eigenvalue weighted by atomic mass is 35.5. The Morgan fingerprint density at radius 1 is 1.52 bits per heavy atom. The fraction of sp³-hybridized carbons (Fsp3) is 0.529. The Morgan fingerprint density at radius 3 is 2.96 bits per heavy atom. The molecule has 1 aromatic rings. The molecule has 0 bridgehead atoms. The van der Waals surface area contributed by atoms with Crippen LogP contribution in [0.4, 0.5) is 4.79 Å². The maximum Gasteiger partial charge on any atom is 0.318 e. The Bertz CT molecular complexity index is 613. The maximum atomic E-state index is 12.5. The fourth-order valence-corrected chi connectivity index (χ4v) is 2.99. The molecule has 1 heterocycles. The second kappa shape index (κ2) is 9.03. The first-order chi connectivity index (χ1) is 11.8. The lowest BCUT2D eigenvalue weighted by Crippen LogP contribution is -2.52. The molecule has 2 atom stereocenters. The van der Waals surface area contributed by atoms with E-state index in [1.54, 1.807) is 22.9 Å². The predicted molar refractivity (Wildman–Crippen MR) is 94.8 cm³/mol. The average Bonchev–Trinajstić information content (AvgIpc) is 2.54. The predicted octanol–water partition coefficient (Wildman–Crippen LogP) is 1.83. The molecular weight excluding hydrogens is 346 g/mol. The van der Waals surface area contributed by atoms with E-state index in [-0.39, 0.29) is 24.7 Å². The van der Waals surface area contributed by atoms with Crippen molar-refractivity contribution in [2.24, 2.45) is 0 Å². The Morgan fingerprint density at radius 2 is 2.28 bits per heavy atom. The van der Waals surface area contributed by atoms with Crippen molar-refractivity contribution in [3.05, 3.63) is 34.9 Å². The van der Waals surface area contributed by atoms with Gasteiger partial charge in [0.1, 0.15) is 0 Å². The van der Waals surface area contributed by atoms with E-state index in [1.165, 1.54) is 0 Å². The maximum absolute atomic E-state index is 12.5. The van der Waals surface area contributed by atoms with Crippen LogP contribution in [0.15, 0.2) is 24.3 Å².